The van der Waals surface area contributed by atoms with Crippen molar-refractivity contribution in [2.24, 2.45) is 0 Å². The molecule has 1 aromatic carbocycles. The average Bonchev–Trinajstić information content (AvgIpc) is 2.30. The van der Waals surface area contributed by atoms with Gasteiger partial charge in [-0.1, -0.05) is 29.8 Å². The van der Waals surface area contributed by atoms with Gasteiger partial charge in [-0.3, -0.25) is 4.79 Å². The topological polar surface area (TPSA) is 26.3 Å². The van der Waals surface area contributed by atoms with E-state index in [1.165, 1.54) is 12.0 Å². The highest BCUT2D eigenvalue weighted by atomic mass is 16.5. The van der Waals surface area contributed by atoms with Crippen LogP contribution >= 0.6 is 0 Å². The molecule has 1 unspecified atom stereocenters. The molecule has 1 aliphatic heterocycles. The Hall–Kier alpha value is -1.15. The predicted molar refractivity (Wildman–Crippen MR) is 68.1 cm³/mol. The zero-order valence-electron chi connectivity index (χ0n) is 10.4. The van der Waals surface area contributed by atoms with Crippen LogP contribution < -0.4 is 0 Å². The van der Waals surface area contributed by atoms with Gasteiger partial charge in [0.1, 0.15) is 5.78 Å². The minimum atomic E-state index is 0.168. The molecule has 0 bridgehead atoms. The Kier molecular flexibility index (Phi) is 4.32. The molecule has 0 aromatic heterocycles. The number of hydrogen-bond donors (Lipinski definition) is 0. The minimum absolute atomic E-state index is 0.168. The van der Waals surface area contributed by atoms with Crippen LogP contribution in [0.1, 0.15) is 36.8 Å². The van der Waals surface area contributed by atoms with Gasteiger partial charge in [0.25, 0.3) is 0 Å². The van der Waals surface area contributed by atoms with E-state index in [1.54, 1.807) is 0 Å². The van der Waals surface area contributed by atoms with Crippen LogP contribution in [0.25, 0.3) is 0 Å². The van der Waals surface area contributed by atoms with Crippen LogP contribution in [0.5, 0.6) is 0 Å². The van der Waals surface area contributed by atoms with Crippen LogP contribution in [-0.4, -0.2) is 18.5 Å². The highest BCUT2D eigenvalue weighted by Crippen LogP contribution is 2.17. The average molecular weight is 232 g/mol. The summed E-state index contributed by atoms with van der Waals surface area (Å²) in [6, 6.07) is 8.17. The third kappa shape index (κ3) is 3.97. The lowest BCUT2D eigenvalue weighted by Crippen LogP contribution is -2.23. The Labute approximate surface area is 103 Å². The van der Waals surface area contributed by atoms with Crippen molar-refractivity contribution in [2.45, 2.75) is 45.1 Å². The summed E-state index contributed by atoms with van der Waals surface area (Å²) in [5, 5.41) is 0. The van der Waals surface area contributed by atoms with Gasteiger partial charge in [-0.2, -0.15) is 0 Å². The maximum absolute atomic E-state index is 11.9. The molecule has 1 saturated heterocycles. The number of ether oxygens (including phenoxy) is 1. The molecule has 0 amide bonds. The Balaban J connectivity index is 1.84. The fourth-order valence-corrected chi connectivity index (χ4v) is 2.34. The number of hydrogen-bond acceptors (Lipinski definition) is 2. The summed E-state index contributed by atoms with van der Waals surface area (Å²) in [5.74, 6) is 0.294. The summed E-state index contributed by atoms with van der Waals surface area (Å²) < 4.78 is 5.59. The lowest BCUT2D eigenvalue weighted by Gasteiger charge is -2.21. The number of Topliss-reactive ketones (excluding diaryl/α,β-unsaturated/α-hetero) is 1. The monoisotopic (exact) mass is 232 g/mol. The van der Waals surface area contributed by atoms with Gasteiger partial charge in [0, 0.05) is 19.4 Å². The van der Waals surface area contributed by atoms with Crippen LogP contribution in [0.15, 0.2) is 24.3 Å². The first-order chi connectivity index (χ1) is 8.24. The predicted octanol–water partition coefficient (Wildman–Crippen LogP) is 3.07. The van der Waals surface area contributed by atoms with E-state index in [4.69, 9.17) is 4.74 Å². The van der Waals surface area contributed by atoms with Crippen molar-refractivity contribution in [3.05, 3.63) is 35.4 Å². The normalized spacial score (nSPS) is 20.2. The number of rotatable bonds is 4. The van der Waals surface area contributed by atoms with Gasteiger partial charge < -0.3 is 4.74 Å². The highest BCUT2D eigenvalue weighted by molar-refractivity contribution is 5.81. The molecule has 17 heavy (non-hydrogen) atoms. The van der Waals surface area contributed by atoms with E-state index < -0.39 is 0 Å². The van der Waals surface area contributed by atoms with Crippen LogP contribution in [0.3, 0.4) is 0 Å². The van der Waals surface area contributed by atoms with Gasteiger partial charge in [-0.25, -0.2) is 0 Å². The molecule has 92 valence electrons. The Morgan fingerprint density at radius 2 is 2.29 bits per heavy atom. The van der Waals surface area contributed by atoms with Crippen LogP contribution in [-0.2, 0) is 16.0 Å². The summed E-state index contributed by atoms with van der Waals surface area (Å²) in [6.07, 6.45) is 4.67. The lowest BCUT2D eigenvalue weighted by molar-refractivity contribution is -0.122. The number of benzene rings is 1. The molecule has 1 aliphatic rings. The van der Waals surface area contributed by atoms with Gasteiger partial charge in [-0.15, -0.1) is 0 Å². The lowest BCUT2D eigenvalue weighted by atomic mass is 9.99. The third-order valence-corrected chi connectivity index (χ3v) is 3.21. The Morgan fingerprint density at radius 1 is 1.41 bits per heavy atom. The molecule has 2 nitrogen and oxygen atoms in total. The number of carbonyl (C=O) groups excluding carboxylic acids is 1. The van der Waals surface area contributed by atoms with Crippen molar-refractivity contribution in [2.75, 3.05) is 6.61 Å². The summed E-state index contributed by atoms with van der Waals surface area (Å²) in [6.45, 7) is 2.88. The third-order valence-electron chi connectivity index (χ3n) is 3.21. The first-order valence-electron chi connectivity index (χ1n) is 6.43. The molecule has 1 heterocycles. The second kappa shape index (κ2) is 5.97. The van der Waals surface area contributed by atoms with Crippen LogP contribution in [0.2, 0.25) is 0 Å². The Morgan fingerprint density at radius 3 is 3.00 bits per heavy atom. The number of carbonyl (C=O) groups is 1. The summed E-state index contributed by atoms with van der Waals surface area (Å²) >= 11 is 0. The molecule has 1 atom stereocenters. The van der Waals surface area contributed by atoms with Crippen LogP contribution in [0.4, 0.5) is 0 Å². The van der Waals surface area contributed by atoms with Gasteiger partial charge in [0.05, 0.1) is 6.10 Å². The second-order valence-electron chi connectivity index (χ2n) is 4.90. The second-order valence-corrected chi connectivity index (χ2v) is 4.90. The van der Waals surface area contributed by atoms with E-state index >= 15 is 0 Å². The first kappa shape index (κ1) is 12.3. The van der Waals surface area contributed by atoms with Crippen molar-refractivity contribution < 1.29 is 9.53 Å². The largest absolute Gasteiger partial charge is 0.378 e. The van der Waals surface area contributed by atoms with Gasteiger partial charge in [0.2, 0.25) is 0 Å². The van der Waals surface area contributed by atoms with Gasteiger partial charge >= 0.3 is 0 Å². The molecule has 2 heteroatoms. The van der Waals surface area contributed by atoms with E-state index in [1.807, 2.05) is 12.1 Å². The van der Waals surface area contributed by atoms with E-state index in [-0.39, 0.29) is 6.10 Å². The highest BCUT2D eigenvalue weighted by Gasteiger charge is 2.17. The van der Waals surface area contributed by atoms with Gasteiger partial charge in [-0.05, 0) is 31.7 Å². The minimum Gasteiger partial charge on any atom is -0.378 e. The maximum atomic E-state index is 11.9. The molecule has 1 fully saturated rings. The molecule has 0 N–H and O–H groups in total. The zero-order chi connectivity index (χ0) is 12.1. The van der Waals surface area contributed by atoms with Gasteiger partial charge in [0.15, 0.2) is 0 Å². The summed E-state index contributed by atoms with van der Waals surface area (Å²) in [4.78, 5) is 11.9. The summed E-state index contributed by atoms with van der Waals surface area (Å²) in [5.41, 5.74) is 2.33. The SMILES string of the molecule is Cc1cccc(CC(=O)CC2CCCCO2)c1. The number of aryl methyl sites for hydroxylation is 1. The molecular formula is C15H20O2. The molecule has 2 rings (SSSR count). The van der Waals surface area contributed by atoms with E-state index in [9.17, 15) is 4.79 Å². The zero-order valence-corrected chi connectivity index (χ0v) is 10.4. The number of ketones is 1. The fraction of sp³-hybridized carbons (Fsp3) is 0.533. The molecule has 0 aliphatic carbocycles. The fourth-order valence-electron chi connectivity index (χ4n) is 2.34. The molecule has 0 spiro atoms. The molecule has 0 saturated carbocycles. The smallest absolute Gasteiger partial charge is 0.139 e. The van der Waals surface area contributed by atoms with Crippen molar-refractivity contribution in [1.82, 2.24) is 0 Å². The first-order valence-corrected chi connectivity index (χ1v) is 6.43. The molecule has 0 radical (unpaired) electrons. The van der Waals surface area contributed by atoms with E-state index in [0.717, 1.165) is 25.0 Å². The maximum Gasteiger partial charge on any atom is 0.139 e. The van der Waals surface area contributed by atoms with Crippen molar-refractivity contribution in [3.63, 3.8) is 0 Å². The van der Waals surface area contributed by atoms with Crippen molar-refractivity contribution in [3.8, 4) is 0 Å². The summed E-state index contributed by atoms with van der Waals surface area (Å²) in [7, 11) is 0. The molecular weight excluding hydrogens is 212 g/mol. The van der Waals surface area contributed by atoms with E-state index in [0.29, 0.717) is 18.6 Å². The quantitative estimate of drug-likeness (QED) is 0.797. The van der Waals surface area contributed by atoms with Crippen LogP contribution in [0, 0.1) is 6.92 Å². The Bertz CT molecular complexity index is 378. The van der Waals surface area contributed by atoms with E-state index in [2.05, 4.69) is 19.1 Å². The standard InChI is InChI=1S/C15H20O2/c1-12-5-4-6-13(9-12)10-14(16)11-15-7-2-3-8-17-15/h4-6,9,15H,2-3,7-8,10-11H2,1H3. The van der Waals surface area contributed by atoms with Crippen molar-refractivity contribution >= 4 is 5.78 Å². The van der Waals surface area contributed by atoms with Crippen molar-refractivity contribution in [1.29, 1.82) is 0 Å². The molecule has 1 aromatic rings.